The van der Waals surface area contributed by atoms with Gasteiger partial charge in [-0.3, -0.25) is 5.10 Å². The second-order valence-corrected chi connectivity index (χ2v) is 6.71. The molecule has 1 aromatic heterocycles. The van der Waals surface area contributed by atoms with Gasteiger partial charge in [0, 0.05) is 31.0 Å². The highest BCUT2D eigenvalue weighted by Crippen LogP contribution is 2.14. The van der Waals surface area contributed by atoms with E-state index in [9.17, 15) is 8.42 Å². The fourth-order valence-electron chi connectivity index (χ4n) is 1.63. The first kappa shape index (κ1) is 17.1. The molecule has 0 spiro atoms. The number of aromatic amines is 1. The lowest BCUT2D eigenvalue weighted by Gasteiger charge is -2.08. The van der Waals surface area contributed by atoms with Crippen LogP contribution in [0.15, 0.2) is 5.03 Å². The molecule has 0 unspecified atom stereocenters. The average Bonchev–Trinajstić information content (AvgIpc) is 2.75. The Labute approximate surface area is 120 Å². The Morgan fingerprint density at radius 2 is 2.10 bits per heavy atom. The van der Waals surface area contributed by atoms with Crippen molar-refractivity contribution in [1.29, 1.82) is 0 Å². The summed E-state index contributed by atoms with van der Waals surface area (Å²) in [5, 5.41) is 6.41. The minimum atomic E-state index is -3.64. The van der Waals surface area contributed by atoms with E-state index in [1.165, 1.54) is 0 Å². The van der Waals surface area contributed by atoms with Gasteiger partial charge < -0.3 is 10.5 Å². The van der Waals surface area contributed by atoms with E-state index in [2.05, 4.69) is 28.8 Å². The van der Waals surface area contributed by atoms with Crippen LogP contribution in [-0.4, -0.2) is 38.4 Å². The maximum atomic E-state index is 12.1. The predicted molar refractivity (Wildman–Crippen MR) is 76.7 cm³/mol. The van der Waals surface area contributed by atoms with E-state index in [-0.39, 0.29) is 18.1 Å². The van der Waals surface area contributed by atoms with Crippen LogP contribution in [0.5, 0.6) is 0 Å². The third-order valence-electron chi connectivity index (χ3n) is 2.87. The summed E-state index contributed by atoms with van der Waals surface area (Å²) in [6, 6.07) is 0. The van der Waals surface area contributed by atoms with Crippen LogP contribution in [0.25, 0.3) is 0 Å². The molecule has 8 heteroatoms. The Morgan fingerprint density at radius 3 is 2.70 bits per heavy atom. The Kier molecular flexibility index (Phi) is 6.60. The van der Waals surface area contributed by atoms with Crippen molar-refractivity contribution in [3.8, 4) is 0 Å². The summed E-state index contributed by atoms with van der Waals surface area (Å²) in [6.45, 7) is 7.28. The van der Waals surface area contributed by atoms with Gasteiger partial charge in [0.2, 0.25) is 0 Å². The van der Waals surface area contributed by atoms with E-state index >= 15 is 0 Å². The van der Waals surface area contributed by atoms with Crippen LogP contribution in [0.4, 0.5) is 0 Å². The van der Waals surface area contributed by atoms with Gasteiger partial charge in [-0.05, 0) is 19.3 Å². The van der Waals surface area contributed by atoms with Crippen LogP contribution >= 0.6 is 0 Å². The van der Waals surface area contributed by atoms with E-state index in [0.717, 1.165) is 6.42 Å². The summed E-state index contributed by atoms with van der Waals surface area (Å²) in [5.74, 6) is 0.575. The Hall–Kier alpha value is -0.960. The number of rotatable bonds is 9. The van der Waals surface area contributed by atoms with E-state index in [1.807, 2.05) is 0 Å². The third kappa shape index (κ3) is 4.86. The van der Waals surface area contributed by atoms with Crippen molar-refractivity contribution in [3.63, 3.8) is 0 Å². The average molecular weight is 304 g/mol. The zero-order chi connectivity index (χ0) is 15.2. The minimum Gasteiger partial charge on any atom is -0.380 e. The standard InChI is InChI=1S/C12H24N4O3S/c1-9(2)4-6-19-7-5-14-20(17,18)12-11(8-13)10(3)15-16-12/h9,14H,4-8,13H2,1-3H3,(H,15,16). The van der Waals surface area contributed by atoms with E-state index in [1.54, 1.807) is 6.92 Å². The number of nitrogens with two attached hydrogens (primary N) is 1. The van der Waals surface area contributed by atoms with Crippen LogP contribution in [0.2, 0.25) is 0 Å². The summed E-state index contributed by atoms with van der Waals surface area (Å²) < 4.78 is 31.9. The molecule has 0 radical (unpaired) electrons. The van der Waals surface area contributed by atoms with Crippen molar-refractivity contribution in [2.75, 3.05) is 19.8 Å². The number of ether oxygens (including phenoxy) is 1. The van der Waals surface area contributed by atoms with E-state index in [4.69, 9.17) is 10.5 Å². The van der Waals surface area contributed by atoms with Crippen molar-refractivity contribution < 1.29 is 13.2 Å². The van der Waals surface area contributed by atoms with Crippen LogP contribution in [0, 0.1) is 12.8 Å². The van der Waals surface area contributed by atoms with Crippen LogP contribution in [0.1, 0.15) is 31.5 Å². The molecule has 0 fully saturated rings. The van der Waals surface area contributed by atoms with E-state index < -0.39 is 10.0 Å². The number of aryl methyl sites for hydroxylation is 1. The normalized spacial score (nSPS) is 12.2. The van der Waals surface area contributed by atoms with Crippen LogP contribution < -0.4 is 10.5 Å². The van der Waals surface area contributed by atoms with Crippen molar-refractivity contribution in [1.82, 2.24) is 14.9 Å². The van der Waals surface area contributed by atoms with Crippen LogP contribution in [0.3, 0.4) is 0 Å². The fourth-order valence-corrected chi connectivity index (χ4v) is 2.85. The molecule has 1 heterocycles. The number of hydrogen-bond acceptors (Lipinski definition) is 5. The molecule has 20 heavy (non-hydrogen) atoms. The molecule has 0 atom stereocenters. The Morgan fingerprint density at radius 1 is 1.40 bits per heavy atom. The lowest BCUT2D eigenvalue weighted by Crippen LogP contribution is -2.29. The molecule has 0 aliphatic heterocycles. The smallest absolute Gasteiger partial charge is 0.260 e. The highest BCUT2D eigenvalue weighted by atomic mass is 32.2. The number of hydrogen-bond donors (Lipinski definition) is 3. The van der Waals surface area contributed by atoms with Gasteiger partial charge in [0.25, 0.3) is 10.0 Å². The molecule has 4 N–H and O–H groups in total. The largest absolute Gasteiger partial charge is 0.380 e. The highest BCUT2D eigenvalue weighted by Gasteiger charge is 2.22. The monoisotopic (exact) mass is 304 g/mol. The summed E-state index contributed by atoms with van der Waals surface area (Å²) >= 11 is 0. The summed E-state index contributed by atoms with van der Waals surface area (Å²) in [7, 11) is -3.64. The molecule has 0 saturated carbocycles. The molecule has 0 aliphatic rings. The first-order valence-corrected chi connectivity index (χ1v) is 8.18. The molecular formula is C12H24N4O3S. The maximum absolute atomic E-state index is 12.1. The van der Waals surface area contributed by atoms with Crippen molar-refractivity contribution in [3.05, 3.63) is 11.3 Å². The number of aromatic nitrogens is 2. The van der Waals surface area contributed by atoms with Crippen molar-refractivity contribution in [2.45, 2.75) is 38.8 Å². The molecular weight excluding hydrogens is 280 g/mol. The maximum Gasteiger partial charge on any atom is 0.260 e. The summed E-state index contributed by atoms with van der Waals surface area (Å²) in [6.07, 6.45) is 0.961. The molecule has 0 aromatic carbocycles. The number of H-pyrrole nitrogens is 1. The van der Waals surface area contributed by atoms with Crippen LogP contribution in [-0.2, 0) is 21.3 Å². The molecule has 1 rings (SSSR count). The second-order valence-electron chi connectivity index (χ2n) is 5.03. The third-order valence-corrected chi connectivity index (χ3v) is 4.30. The number of nitrogens with one attached hydrogen (secondary N) is 2. The highest BCUT2D eigenvalue weighted by molar-refractivity contribution is 7.89. The molecule has 0 saturated heterocycles. The zero-order valence-electron chi connectivity index (χ0n) is 12.3. The quantitative estimate of drug-likeness (QED) is 0.576. The first-order valence-electron chi connectivity index (χ1n) is 6.69. The fraction of sp³-hybridized carbons (Fsp3) is 0.750. The molecule has 116 valence electrons. The van der Waals surface area contributed by atoms with Gasteiger partial charge in [0.15, 0.2) is 5.03 Å². The summed E-state index contributed by atoms with van der Waals surface area (Å²) in [4.78, 5) is 0. The SMILES string of the molecule is Cc1[nH]nc(S(=O)(=O)NCCOCCC(C)C)c1CN. The first-order chi connectivity index (χ1) is 9.38. The molecule has 7 nitrogen and oxygen atoms in total. The van der Waals surface area contributed by atoms with Gasteiger partial charge in [-0.15, -0.1) is 0 Å². The summed E-state index contributed by atoms with van der Waals surface area (Å²) in [5.41, 5.74) is 6.72. The van der Waals surface area contributed by atoms with E-state index in [0.29, 0.717) is 30.4 Å². The van der Waals surface area contributed by atoms with Gasteiger partial charge in [0.1, 0.15) is 0 Å². The van der Waals surface area contributed by atoms with Gasteiger partial charge >= 0.3 is 0 Å². The molecule has 0 amide bonds. The lowest BCUT2D eigenvalue weighted by atomic mass is 10.1. The van der Waals surface area contributed by atoms with Crippen molar-refractivity contribution in [2.24, 2.45) is 11.7 Å². The lowest BCUT2D eigenvalue weighted by molar-refractivity contribution is 0.128. The zero-order valence-corrected chi connectivity index (χ0v) is 13.1. The predicted octanol–water partition coefficient (Wildman–Crippen LogP) is 0.518. The topological polar surface area (TPSA) is 110 Å². The van der Waals surface area contributed by atoms with Gasteiger partial charge in [-0.25, -0.2) is 13.1 Å². The molecule has 0 bridgehead atoms. The molecule has 1 aromatic rings. The van der Waals surface area contributed by atoms with Gasteiger partial charge in [-0.1, -0.05) is 13.8 Å². The minimum absolute atomic E-state index is 0.0281. The molecule has 0 aliphatic carbocycles. The van der Waals surface area contributed by atoms with Gasteiger partial charge in [0.05, 0.1) is 6.61 Å². The second kappa shape index (κ2) is 7.72. The van der Waals surface area contributed by atoms with Crippen molar-refractivity contribution >= 4 is 10.0 Å². The van der Waals surface area contributed by atoms with Gasteiger partial charge in [-0.2, -0.15) is 5.10 Å². The number of sulfonamides is 1. The Bertz CT molecular complexity index is 511. The number of nitrogens with zero attached hydrogens (tertiary/aromatic N) is 1. The Balaban J connectivity index is 2.46.